The Kier molecular flexibility index (Phi) is 6.04. The lowest BCUT2D eigenvalue weighted by atomic mass is 10.1. The number of rotatable bonds is 6. The van der Waals surface area contributed by atoms with E-state index in [1.807, 2.05) is 24.4 Å². The van der Waals surface area contributed by atoms with E-state index in [0.717, 1.165) is 31.0 Å². The molecule has 0 atom stereocenters. The molecule has 25 heavy (non-hydrogen) atoms. The Morgan fingerprint density at radius 2 is 2.04 bits per heavy atom. The van der Waals surface area contributed by atoms with Crippen LogP contribution in [-0.4, -0.2) is 28.5 Å². The quantitative estimate of drug-likeness (QED) is 0.861. The fourth-order valence-electron chi connectivity index (χ4n) is 3.23. The van der Waals surface area contributed by atoms with E-state index in [4.69, 9.17) is 0 Å². The molecule has 0 radical (unpaired) electrons. The third kappa shape index (κ3) is 5.03. The summed E-state index contributed by atoms with van der Waals surface area (Å²) in [6, 6.07) is 8.06. The normalized spacial score (nSPS) is 15.2. The Bertz CT molecular complexity index is 775. The van der Waals surface area contributed by atoms with Gasteiger partial charge in [-0.2, -0.15) is 0 Å². The summed E-state index contributed by atoms with van der Waals surface area (Å²) in [5.41, 5.74) is 2.96. The first-order chi connectivity index (χ1) is 12.1. The van der Waals surface area contributed by atoms with Crippen LogP contribution in [-0.2, 0) is 17.9 Å². The van der Waals surface area contributed by atoms with Crippen LogP contribution in [0, 0.1) is 6.92 Å². The van der Waals surface area contributed by atoms with Crippen LogP contribution in [0.15, 0.2) is 34.4 Å². The predicted octanol–water partition coefficient (Wildman–Crippen LogP) is 3.23. The van der Waals surface area contributed by atoms with Gasteiger partial charge in [0.05, 0.1) is 0 Å². The van der Waals surface area contributed by atoms with Crippen LogP contribution >= 0.6 is 11.3 Å². The zero-order chi connectivity index (χ0) is 17.6. The van der Waals surface area contributed by atoms with Crippen molar-refractivity contribution in [3.63, 3.8) is 0 Å². The first kappa shape index (κ1) is 17.9. The summed E-state index contributed by atoms with van der Waals surface area (Å²) in [6.07, 6.45) is 4.18. The maximum Gasteiger partial charge on any atom is 0.307 e. The lowest BCUT2D eigenvalue weighted by Crippen LogP contribution is -2.29. The molecule has 1 aromatic heterocycles. The lowest BCUT2D eigenvalue weighted by Gasteiger charge is -2.26. The summed E-state index contributed by atoms with van der Waals surface area (Å²) in [5.74, 6) is -0.0624. The minimum atomic E-state index is -0.0624. The van der Waals surface area contributed by atoms with Crippen molar-refractivity contribution >= 4 is 22.9 Å². The van der Waals surface area contributed by atoms with Crippen LogP contribution in [0.5, 0.6) is 0 Å². The number of benzene rings is 1. The zero-order valence-electron chi connectivity index (χ0n) is 14.7. The van der Waals surface area contributed by atoms with Crippen LogP contribution in [0.1, 0.15) is 36.9 Å². The van der Waals surface area contributed by atoms with Gasteiger partial charge < -0.3 is 9.88 Å². The molecule has 5 nitrogen and oxygen atoms in total. The molecule has 1 fully saturated rings. The zero-order valence-corrected chi connectivity index (χ0v) is 15.5. The highest BCUT2D eigenvalue weighted by molar-refractivity contribution is 7.07. The van der Waals surface area contributed by atoms with Gasteiger partial charge in [-0.15, -0.1) is 0 Å². The summed E-state index contributed by atoms with van der Waals surface area (Å²) in [6.45, 7) is 5.57. The van der Waals surface area contributed by atoms with Gasteiger partial charge in [-0.3, -0.25) is 14.5 Å². The van der Waals surface area contributed by atoms with Crippen LogP contribution in [0.2, 0.25) is 0 Å². The molecule has 2 heterocycles. The van der Waals surface area contributed by atoms with E-state index in [2.05, 4.69) is 22.3 Å². The third-order valence-corrected chi connectivity index (χ3v) is 5.49. The molecule has 0 unspecified atom stereocenters. The standard InChI is InChI=1S/C19H25N3O2S/c1-15-14-25-19(24)22(15)11-8-18(23)20-17-7-5-6-16(12-17)13-21-9-3-2-4-10-21/h5-7,12,14H,2-4,8-11,13H2,1H3,(H,20,23). The molecular weight excluding hydrogens is 334 g/mol. The van der Waals surface area contributed by atoms with Gasteiger partial charge in [-0.25, -0.2) is 0 Å². The largest absolute Gasteiger partial charge is 0.326 e. The first-order valence-electron chi connectivity index (χ1n) is 8.88. The van der Waals surface area contributed by atoms with Gasteiger partial charge in [0.2, 0.25) is 5.91 Å². The van der Waals surface area contributed by atoms with Gasteiger partial charge in [0.15, 0.2) is 0 Å². The van der Waals surface area contributed by atoms with Crippen molar-refractivity contribution in [2.24, 2.45) is 0 Å². The molecular formula is C19H25N3O2S. The predicted molar refractivity (Wildman–Crippen MR) is 102 cm³/mol. The Hall–Kier alpha value is -1.92. The molecule has 1 saturated heterocycles. The molecule has 1 aliphatic rings. The van der Waals surface area contributed by atoms with E-state index < -0.39 is 0 Å². The Morgan fingerprint density at radius 3 is 2.76 bits per heavy atom. The van der Waals surface area contributed by atoms with Crippen molar-refractivity contribution in [2.75, 3.05) is 18.4 Å². The van der Waals surface area contributed by atoms with Gasteiger partial charge in [0.1, 0.15) is 0 Å². The number of thiazole rings is 1. The minimum absolute atomic E-state index is 0.00571. The number of likely N-dealkylation sites (tertiary alicyclic amines) is 1. The number of anilines is 1. The van der Waals surface area contributed by atoms with Crippen molar-refractivity contribution in [1.29, 1.82) is 0 Å². The minimum Gasteiger partial charge on any atom is -0.326 e. The number of piperidine rings is 1. The fourth-order valence-corrected chi connectivity index (χ4v) is 4.00. The topological polar surface area (TPSA) is 54.3 Å². The molecule has 0 spiro atoms. The monoisotopic (exact) mass is 359 g/mol. The lowest BCUT2D eigenvalue weighted by molar-refractivity contribution is -0.116. The fraction of sp³-hybridized carbons (Fsp3) is 0.474. The number of aromatic nitrogens is 1. The van der Waals surface area contributed by atoms with Crippen LogP contribution in [0.25, 0.3) is 0 Å². The SMILES string of the molecule is Cc1csc(=O)n1CCC(=O)Nc1cccc(CN2CCCCC2)c1. The first-order valence-corrected chi connectivity index (χ1v) is 9.76. The van der Waals surface area contributed by atoms with Crippen molar-refractivity contribution in [1.82, 2.24) is 9.47 Å². The van der Waals surface area contributed by atoms with Crippen molar-refractivity contribution in [3.05, 3.63) is 50.6 Å². The number of hydrogen-bond acceptors (Lipinski definition) is 4. The van der Waals surface area contributed by atoms with Crippen LogP contribution in [0.3, 0.4) is 0 Å². The molecule has 1 N–H and O–H groups in total. The molecule has 6 heteroatoms. The number of carbonyl (C=O) groups excluding carboxylic acids is 1. The Labute approximate surface area is 152 Å². The summed E-state index contributed by atoms with van der Waals surface area (Å²) < 4.78 is 1.65. The summed E-state index contributed by atoms with van der Waals surface area (Å²) in [5, 5.41) is 4.78. The van der Waals surface area contributed by atoms with Crippen LogP contribution < -0.4 is 10.2 Å². The molecule has 0 saturated carbocycles. The van der Waals surface area contributed by atoms with E-state index in [9.17, 15) is 9.59 Å². The second-order valence-corrected chi connectivity index (χ2v) is 7.45. The number of hydrogen-bond donors (Lipinski definition) is 1. The number of aryl methyl sites for hydroxylation is 1. The van der Waals surface area contributed by atoms with E-state index in [1.54, 1.807) is 4.57 Å². The van der Waals surface area contributed by atoms with Crippen molar-refractivity contribution in [2.45, 2.75) is 45.7 Å². The van der Waals surface area contributed by atoms with E-state index >= 15 is 0 Å². The summed E-state index contributed by atoms with van der Waals surface area (Å²) >= 11 is 1.18. The number of amides is 1. The van der Waals surface area contributed by atoms with Crippen molar-refractivity contribution < 1.29 is 4.79 Å². The summed E-state index contributed by atoms with van der Waals surface area (Å²) in [7, 11) is 0. The highest BCUT2D eigenvalue weighted by atomic mass is 32.1. The molecule has 1 amide bonds. The number of nitrogens with one attached hydrogen (secondary N) is 1. The number of nitrogens with zero attached hydrogens (tertiary/aromatic N) is 2. The van der Waals surface area contributed by atoms with Gasteiger partial charge in [-0.05, 0) is 50.6 Å². The highest BCUT2D eigenvalue weighted by Crippen LogP contribution is 2.16. The maximum atomic E-state index is 12.2. The van der Waals surface area contributed by atoms with Gasteiger partial charge >= 0.3 is 4.87 Å². The van der Waals surface area contributed by atoms with Gasteiger partial charge in [0.25, 0.3) is 0 Å². The van der Waals surface area contributed by atoms with E-state index in [0.29, 0.717) is 13.0 Å². The summed E-state index contributed by atoms with van der Waals surface area (Å²) in [4.78, 5) is 26.4. The Morgan fingerprint density at radius 1 is 1.24 bits per heavy atom. The molecule has 134 valence electrons. The van der Waals surface area contributed by atoms with Crippen LogP contribution in [0.4, 0.5) is 5.69 Å². The average Bonchev–Trinajstić information content (AvgIpc) is 2.92. The second-order valence-electron chi connectivity index (χ2n) is 6.63. The van der Waals surface area contributed by atoms with E-state index in [-0.39, 0.29) is 10.8 Å². The molecule has 0 aliphatic carbocycles. The number of carbonyl (C=O) groups is 1. The maximum absolute atomic E-state index is 12.2. The highest BCUT2D eigenvalue weighted by Gasteiger charge is 2.11. The van der Waals surface area contributed by atoms with E-state index in [1.165, 1.54) is 36.2 Å². The van der Waals surface area contributed by atoms with Gasteiger partial charge in [-0.1, -0.05) is 29.9 Å². The molecule has 0 bridgehead atoms. The molecule has 1 aromatic carbocycles. The molecule has 3 rings (SSSR count). The third-order valence-electron chi connectivity index (χ3n) is 4.60. The van der Waals surface area contributed by atoms with Gasteiger partial charge in [0, 0.05) is 36.3 Å². The average molecular weight is 359 g/mol. The second kappa shape index (κ2) is 8.45. The van der Waals surface area contributed by atoms with Crippen molar-refractivity contribution in [3.8, 4) is 0 Å². The smallest absolute Gasteiger partial charge is 0.307 e. The Balaban J connectivity index is 1.54. The molecule has 1 aliphatic heterocycles. The molecule has 2 aromatic rings.